The van der Waals surface area contributed by atoms with Crippen molar-refractivity contribution in [1.29, 1.82) is 15.8 Å². The minimum atomic E-state index is 0.0382. The Hall–Kier alpha value is -3.61. The fraction of sp³-hybridized carbons (Fsp3) is 0. The first-order valence-corrected chi connectivity index (χ1v) is 6.56. The first kappa shape index (κ1) is 14.8. The lowest BCUT2D eigenvalue weighted by Crippen LogP contribution is -1.89. The van der Waals surface area contributed by atoms with Crippen molar-refractivity contribution in [2.24, 2.45) is 0 Å². The fourth-order valence-electron chi connectivity index (χ4n) is 1.95. The van der Waals surface area contributed by atoms with E-state index < -0.39 is 0 Å². The van der Waals surface area contributed by atoms with Crippen LogP contribution in [0.15, 0.2) is 77.9 Å². The molecule has 1 aromatic carbocycles. The van der Waals surface area contributed by atoms with Gasteiger partial charge in [0.05, 0.1) is 11.6 Å². The second kappa shape index (κ2) is 7.25. The lowest BCUT2D eigenvalue weighted by Gasteiger charge is -2.04. The van der Waals surface area contributed by atoms with E-state index in [2.05, 4.69) is 0 Å². The highest BCUT2D eigenvalue weighted by atomic mass is 14.3. The van der Waals surface area contributed by atoms with E-state index in [1.807, 2.05) is 54.7 Å². The fourth-order valence-corrected chi connectivity index (χ4v) is 1.95. The number of nitriles is 3. The summed E-state index contributed by atoms with van der Waals surface area (Å²) in [5, 5.41) is 27.2. The van der Waals surface area contributed by atoms with Crippen LogP contribution < -0.4 is 0 Å². The van der Waals surface area contributed by atoms with E-state index in [0.717, 1.165) is 11.1 Å². The van der Waals surface area contributed by atoms with Crippen LogP contribution >= 0.6 is 0 Å². The summed E-state index contributed by atoms with van der Waals surface area (Å²) in [6.07, 6.45) is 13.2. The highest BCUT2D eigenvalue weighted by molar-refractivity contribution is 5.83. The molecule has 0 spiro atoms. The van der Waals surface area contributed by atoms with Gasteiger partial charge in [-0.25, -0.2) is 0 Å². The molecule has 0 amide bonds. The third-order valence-corrected chi connectivity index (χ3v) is 3.04. The third kappa shape index (κ3) is 3.48. The van der Waals surface area contributed by atoms with E-state index in [1.165, 1.54) is 0 Å². The van der Waals surface area contributed by atoms with Crippen molar-refractivity contribution in [1.82, 2.24) is 0 Å². The largest absolute Gasteiger partial charge is 0.192 e. The zero-order valence-corrected chi connectivity index (χ0v) is 11.7. The van der Waals surface area contributed by atoms with E-state index in [0.29, 0.717) is 11.1 Å². The van der Waals surface area contributed by atoms with Gasteiger partial charge in [0.2, 0.25) is 0 Å². The van der Waals surface area contributed by atoms with Crippen LogP contribution in [0.4, 0.5) is 0 Å². The molecule has 102 valence electrons. The highest BCUT2D eigenvalue weighted by Gasteiger charge is 2.08. The molecular weight excluding hydrogens is 270 g/mol. The molecule has 2 rings (SSSR count). The molecule has 1 aromatic rings. The molecule has 1 aliphatic rings. The van der Waals surface area contributed by atoms with Crippen molar-refractivity contribution >= 4 is 5.57 Å². The molecular formula is C19H11N3. The van der Waals surface area contributed by atoms with Crippen LogP contribution in [-0.2, 0) is 0 Å². The summed E-state index contributed by atoms with van der Waals surface area (Å²) >= 11 is 0. The number of rotatable bonds is 2. The van der Waals surface area contributed by atoms with Gasteiger partial charge in [-0.15, -0.1) is 0 Å². The highest BCUT2D eigenvalue weighted by Crippen LogP contribution is 2.23. The maximum Gasteiger partial charge on any atom is 0.137 e. The van der Waals surface area contributed by atoms with Crippen molar-refractivity contribution in [3.8, 4) is 18.2 Å². The first-order valence-electron chi connectivity index (χ1n) is 6.56. The molecule has 0 atom stereocenters. The Balaban J connectivity index is 2.57. The van der Waals surface area contributed by atoms with Gasteiger partial charge in [0.1, 0.15) is 17.7 Å². The molecule has 0 saturated carbocycles. The average molecular weight is 281 g/mol. The monoisotopic (exact) mass is 281 g/mol. The number of hydrogen-bond acceptors (Lipinski definition) is 3. The van der Waals surface area contributed by atoms with Crippen LogP contribution in [0.25, 0.3) is 5.57 Å². The summed E-state index contributed by atoms with van der Waals surface area (Å²) in [5.74, 6) is 0. The van der Waals surface area contributed by atoms with E-state index in [-0.39, 0.29) is 5.57 Å². The van der Waals surface area contributed by atoms with Crippen LogP contribution in [0.3, 0.4) is 0 Å². The minimum absolute atomic E-state index is 0.0382. The van der Waals surface area contributed by atoms with Gasteiger partial charge in [-0.2, -0.15) is 15.8 Å². The zero-order chi connectivity index (χ0) is 15.8. The van der Waals surface area contributed by atoms with Crippen LogP contribution in [0.5, 0.6) is 0 Å². The maximum atomic E-state index is 9.18. The summed E-state index contributed by atoms with van der Waals surface area (Å²) in [6, 6.07) is 12.7. The predicted octanol–water partition coefficient (Wildman–Crippen LogP) is 3.97. The lowest BCUT2D eigenvalue weighted by atomic mass is 9.97. The smallest absolute Gasteiger partial charge is 0.137 e. The summed E-state index contributed by atoms with van der Waals surface area (Å²) in [5.41, 5.74) is 2.72. The molecule has 0 heterocycles. The number of benzene rings is 1. The standard InChI is InChI=1S/C19H11N3/c20-12-16-7-9-17(10-8-16)19(18(13-21)14-22)11-15-5-3-1-2-4-6-15/h1-11H. The SMILES string of the molecule is N#CC(C#N)=C(C=C1C=CC=CC=C1)c1ccc(C#N)cc1. The average Bonchev–Trinajstić information content (AvgIpc) is 2.84. The summed E-state index contributed by atoms with van der Waals surface area (Å²) in [7, 11) is 0. The molecule has 22 heavy (non-hydrogen) atoms. The molecule has 0 aromatic heterocycles. The minimum Gasteiger partial charge on any atom is -0.192 e. The molecule has 0 N–H and O–H groups in total. The van der Waals surface area contributed by atoms with Crippen molar-refractivity contribution in [3.05, 3.63) is 89.1 Å². The number of allylic oxidation sites excluding steroid dienone is 10. The molecule has 0 radical (unpaired) electrons. The predicted molar refractivity (Wildman–Crippen MR) is 84.8 cm³/mol. The summed E-state index contributed by atoms with van der Waals surface area (Å²) in [6.45, 7) is 0. The van der Waals surface area contributed by atoms with Gasteiger partial charge in [-0.1, -0.05) is 48.6 Å². The maximum absolute atomic E-state index is 9.18. The second-order valence-electron chi connectivity index (χ2n) is 4.45. The van der Waals surface area contributed by atoms with E-state index >= 15 is 0 Å². The summed E-state index contributed by atoms with van der Waals surface area (Å²) in [4.78, 5) is 0. The normalized spacial score (nSPS) is 11.8. The second-order valence-corrected chi connectivity index (χ2v) is 4.45. The molecule has 3 heteroatoms. The number of nitrogens with zero attached hydrogens (tertiary/aromatic N) is 3. The van der Waals surface area contributed by atoms with Crippen molar-refractivity contribution in [3.63, 3.8) is 0 Å². The van der Waals surface area contributed by atoms with E-state index in [1.54, 1.807) is 30.3 Å². The van der Waals surface area contributed by atoms with Crippen molar-refractivity contribution in [2.75, 3.05) is 0 Å². The number of hydrogen-bond donors (Lipinski definition) is 0. The molecule has 0 unspecified atom stereocenters. The Morgan fingerprint density at radius 3 is 1.91 bits per heavy atom. The van der Waals surface area contributed by atoms with Gasteiger partial charge < -0.3 is 0 Å². The molecule has 0 saturated heterocycles. The van der Waals surface area contributed by atoms with Crippen molar-refractivity contribution in [2.45, 2.75) is 0 Å². The van der Waals surface area contributed by atoms with E-state index in [4.69, 9.17) is 5.26 Å². The molecule has 0 fully saturated rings. The van der Waals surface area contributed by atoms with Gasteiger partial charge in [0, 0.05) is 5.57 Å². The Labute approximate surface area is 129 Å². The van der Waals surface area contributed by atoms with Gasteiger partial charge in [-0.05, 0) is 29.3 Å². The lowest BCUT2D eigenvalue weighted by molar-refractivity contribution is 1.45. The van der Waals surface area contributed by atoms with Gasteiger partial charge in [-0.3, -0.25) is 0 Å². The Kier molecular flexibility index (Phi) is 4.87. The molecule has 0 bridgehead atoms. The molecule has 3 nitrogen and oxygen atoms in total. The topological polar surface area (TPSA) is 71.4 Å². The Morgan fingerprint density at radius 1 is 0.818 bits per heavy atom. The van der Waals surface area contributed by atoms with Crippen LogP contribution in [0.2, 0.25) is 0 Å². The van der Waals surface area contributed by atoms with Crippen LogP contribution in [-0.4, -0.2) is 0 Å². The van der Waals surface area contributed by atoms with Gasteiger partial charge >= 0.3 is 0 Å². The van der Waals surface area contributed by atoms with Crippen LogP contribution in [0, 0.1) is 34.0 Å². The molecule has 1 aliphatic carbocycles. The zero-order valence-electron chi connectivity index (χ0n) is 11.7. The van der Waals surface area contributed by atoms with Gasteiger partial charge in [0.15, 0.2) is 0 Å². The quantitative estimate of drug-likeness (QED) is 0.770. The van der Waals surface area contributed by atoms with Gasteiger partial charge in [0.25, 0.3) is 0 Å². The third-order valence-electron chi connectivity index (χ3n) is 3.04. The van der Waals surface area contributed by atoms with E-state index in [9.17, 15) is 10.5 Å². The molecule has 0 aliphatic heterocycles. The summed E-state index contributed by atoms with van der Waals surface area (Å²) < 4.78 is 0. The Morgan fingerprint density at radius 2 is 1.41 bits per heavy atom. The Bertz CT molecular complexity index is 806. The van der Waals surface area contributed by atoms with Crippen LogP contribution in [0.1, 0.15) is 11.1 Å². The van der Waals surface area contributed by atoms with Crippen molar-refractivity contribution < 1.29 is 0 Å². The first-order chi connectivity index (χ1) is 10.8.